The van der Waals surface area contributed by atoms with E-state index >= 15 is 0 Å². The second kappa shape index (κ2) is 12.1. The third-order valence-corrected chi connectivity index (χ3v) is 5.66. The molecule has 3 aromatic rings. The maximum Gasteiger partial charge on any atom is 0.274 e. The van der Waals surface area contributed by atoms with Crippen molar-refractivity contribution in [2.75, 3.05) is 34.0 Å². The molecule has 1 unspecified atom stereocenters. The van der Waals surface area contributed by atoms with Crippen molar-refractivity contribution in [1.29, 1.82) is 0 Å². The number of aliphatic hydroxyl groups is 2. The van der Waals surface area contributed by atoms with E-state index in [4.69, 9.17) is 30.9 Å². The van der Waals surface area contributed by atoms with Gasteiger partial charge in [0.25, 0.3) is 12.3 Å². The van der Waals surface area contributed by atoms with Gasteiger partial charge in [-0.3, -0.25) is 4.79 Å². The molecule has 0 radical (unpaired) electrons. The first-order valence-electron chi connectivity index (χ1n) is 10.9. The third-order valence-electron chi connectivity index (χ3n) is 5.37. The molecule has 37 heavy (non-hydrogen) atoms. The predicted molar refractivity (Wildman–Crippen MR) is 129 cm³/mol. The van der Waals surface area contributed by atoms with Gasteiger partial charge in [0, 0.05) is 11.1 Å². The van der Waals surface area contributed by atoms with Gasteiger partial charge in [-0.1, -0.05) is 11.6 Å². The lowest BCUT2D eigenvalue weighted by atomic mass is 9.97. The van der Waals surface area contributed by atoms with Crippen LogP contribution in [0.1, 0.15) is 16.1 Å². The molecule has 1 aromatic heterocycles. The lowest BCUT2D eigenvalue weighted by Gasteiger charge is -2.28. The molecule has 1 atom stereocenters. The number of carbonyl (C=O) groups is 1. The minimum atomic E-state index is -3.35. The van der Waals surface area contributed by atoms with E-state index in [-0.39, 0.29) is 52.3 Å². The Bertz CT molecular complexity index is 1260. The SMILES string of the molecule is COc1cc(C(=O)NCC(O)(c2ccc(OC)c(-c3ccc(F)c(Cl)c3)n2)C(F)F)ccc1OCCO. The zero-order valence-electron chi connectivity index (χ0n) is 19.8. The van der Waals surface area contributed by atoms with Crippen molar-refractivity contribution < 1.29 is 42.4 Å². The van der Waals surface area contributed by atoms with Crippen LogP contribution in [-0.2, 0) is 5.60 Å². The number of halogens is 4. The van der Waals surface area contributed by atoms with Crippen molar-refractivity contribution in [3.63, 3.8) is 0 Å². The van der Waals surface area contributed by atoms with E-state index in [0.717, 1.165) is 12.1 Å². The van der Waals surface area contributed by atoms with E-state index in [1.54, 1.807) is 0 Å². The highest BCUT2D eigenvalue weighted by Crippen LogP contribution is 2.35. The normalized spacial score (nSPS) is 12.7. The molecule has 8 nitrogen and oxygen atoms in total. The number of aliphatic hydroxyl groups excluding tert-OH is 1. The average Bonchev–Trinajstić information content (AvgIpc) is 2.91. The van der Waals surface area contributed by atoms with Crippen LogP contribution < -0.4 is 19.5 Å². The largest absolute Gasteiger partial charge is 0.494 e. The van der Waals surface area contributed by atoms with Crippen LogP contribution in [0.2, 0.25) is 5.02 Å². The Hall–Kier alpha value is -3.54. The summed E-state index contributed by atoms with van der Waals surface area (Å²) in [5, 5.41) is 21.9. The Morgan fingerprint density at radius 2 is 1.78 bits per heavy atom. The molecule has 3 N–H and O–H groups in total. The minimum absolute atomic E-state index is 0.00427. The third kappa shape index (κ3) is 6.24. The van der Waals surface area contributed by atoms with Crippen LogP contribution in [-0.4, -0.2) is 61.5 Å². The first-order chi connectivity index (χ1) is 17.6. The summed E-state index contributed by atoms with van der Waals surface area (Å²) in [5.74, 6) is -0.831. The number of pyridine rings is 1. The number of alkyl halides is 2. The van der Waals surface area contributed by atoms with Gasteiger partial charge in [0.05, 0.1) is 38.1 Å². The zero-order valence-corrected chi connectivity index (χ0v) is 20.6. The van der Waals surface area contributed by atoms with Gasteiger partial charge in [-0.2, -0.15) is 0 Å². The summed E-state index contributed by atoms with van der Waals surface area (Å²) in [7, 11) is 2.68. The fraction of sp³-hybridized carbons (Fsp3) is 0.280. The maximum absolute atomic E-state index is 14.1. The highest BCUT2D eigenvalue weighted by molar-refractivity contribution is 6.31. The Balaban J connectivity index is 1.89. The van der Waals surface area contributed by atoms with Gasteiger partial charge >= 0.3 is 0 Å². The molecule has 0 aliphatic rings. The van der Waals surface area contributed by atoms with E-state index in [0.29, 0.717) is 0 Å². The molecule has 1 heterocycles. The van der Waals surface area contributed by atoms with E-state index < -0.39 is 36.0 Å². The lowest BCUT2D eigenvalue weighted by Crippen LogP contribution is -2.46. The molecular weight excluding hydrogens is 517 g/mol. The van der Waals surface area contributed by atoms with E-state index in [1.165, 1.54) is 50.6 Å². The molecule has 12 heteroatoms. The first-order valence-corrected chi connectivity index (χ1v) is 11.2. The molecule has 3 rings (SSSR count). The number of nitrogens with zero attached hydrogens (tertiary/aromatic N) is 1. The zero-order chi connectivity index (χ0) is 27.2. The highest BCUT2D eigenvalue weighted by atomic mass is 35.5. The Morgan fingerprint density at radius 3 is 2.41 bits per heavy atom. The fourth-order valence-electron chi connectivity index (χ4n) is 3.38. The van der Waals surface area contributed by atoms with Crippen LogP contribution in [0.5, 0.6) is 17.2 Å². The molecular formula is C25H24ClF3N2O6. The van der Waals surface area contributed by atoms with Gasteiger partial charge in [-0.25, -0.2) is 18.2 Å². The van der Waals surface area contributed by atoms with Crippen LogP contribution in [0.3, 0.4) is 0 Å². The summed E-state index contributed by atoms with van der Waals surface area (Å²) >= 11 is 5.85. The Morgan fingerprint density at radius 1 is 1.08 bits per heavy atom. The molecule has 0 aliphatic heterocycles. The number of aromatic nitrogens is 1. The number of rotatable bonds is 11. The van der Waals surface area contributed by atoms with Gasteiger partial charge in [0.2, 0.25) is 0 Å². The van der Waals surface area contributed by atoms with Crippen molar-refractivity contribution in [2.45, 2.75) is 12.0 Å². The molecule has 1 amide bonds. The van der Waals surface area contributed by atoms with E-state index in [1.807, 2.05) is 0 Å². The predicted octanol–water partition coefficient (Wildman–Crippen LogP) is 3.81. The molecule has 0 fully saturated rings. The summed E-state index contributed by atoms with van der Waals surface area (Å²) in [6.07, 6.45) is -3.35. The highest BCUT2D eigenvalue weighted by Gasteiger charge is 2.42. The Labute approximate surface area is 215 Å². The van der Waals surface area contributed by atoms with Crippen LogP contribution in [0, 0.1) is 5.82 Å². The number of amides is 1. The topological polar surface area (TPSA) is 110 Å². The van der Waals surface area contributed by atoms with Crippen molar-refractivity contribution in [3.05, 3.63) is 70.6 Å². The number of hydrogen-bond acceptors (Lipinski definition) is 7. The summed E-state index contributed by atoms with van der Waals surface area (Å²) in [5.41, 5.74) is -2.98. The van der Waals surface area contributed by atoms with Crippen molar-refractivity contribution in [1.82, 2.24) is 10.3 Å². The molecule has 198 valence electrons. The van der Waals surface area contributed by atoms with Gasteiger partial charge in [0.1, 0.15) is 23.9 Å². The van der Waals surface area contributed by atoms with Gasteiger partial charge in [0.15, 0.2) is 17.1 Å². The standard InChI is InChI=1S/C25H24ClF3N2O6/c1-35-19-7-8-21(31-22(19)14-3-5-17(27)16(26)11-14)25(34,24(28)29)13-30-23(33)15-4-6-18(37-10-9-32)20(12-15)36-2/h3-8,11-12,24,32,34H,9-10,13H2,1-2H3,(H,30,33). The fourth-order valence-corrected chi connectivity index (χ4v) is 3.56. The van der Waals surface area contributed by atoms with Crippen LogP contribution in [0.25, 0.3) is 11.3 Å². The monoisotopic (exact) mass is 540 g/mol. The Kier molecular flexibility index (Phi) is 9.19. The first kappa shape index (κ1) is 28.0. The number of methoxy groups -OCH3 is 2. The summed E-state index contributed by atoms with van der Waals surface area (Å²) in [6, 6.07) is 10.2. The molecule has 0 saturated heterocycles. The number of hydrogen-bond donors (Lipinski definition) is 3. The second-order valence-corrected chi connectivity index (χ2v) is 8.13. The molecule has 0 saturated carbocycles. The minimum Gasteiger partial charge on any atom is -0.494 e. The maximum atomic E-state index is 14.1. The number of nitrogens with one attached hydrogen (secondary N) is 1. The molecule has 0 bridgehead atoms. The number of benzene rings is 2. The summed E-state index contributed by atoms with van der Waals surface area (Å²) in [4.78, 5) is 16.9. The van der Waals surface area contributed by atoms with Gasteiger partial charge < -0.3 is 29.7 Å². The van der Waals surface area contributed by atoms with Gasteiger partial charge in [-0.05, 0) is 48.5 Å². The van der Waals surface area contributed by atoms with Crippen LogP contribution >= 0.6 is 11.6 Å². The van der Waals surface area contributed by atoms with Crippen LogP contribution in [0.15, 0.2) is 48.5 Å². The number of carbonyl (C=O) groups excluding carboxylic acids is 1. The second-order valence-electron chi connectivity index (χ2n) is 7.72. The summed E-state index contributed by atoms with van der Waals surface area (Å²) < 4.78 is 57.6. The lowest BCUT2D eigenvalue weighted by molar-refractivity contribution is -0.101. The van der Waals surface area contributed by atoms with Crippen molar-refractivity contribution in [3.8, 4) is 28.5 Å². The molecule has 0 spiro atoms. The molecule has 2 aromatic carbocycles. The van der Waals surface area contributed by atoms with Crippen molar-refractivity contribution >= 4 is 17.5 Å². The quantitative estimate of drug-likeness (QED) is 0.339. The summed E-state index contributed by atoms with van der Waals surface area (Å²) in [6.45, 7) is -1.12. The number of ether oxygens (including phenoxy) is 3. The smallest absolute Gasteiger partial charge is 0.274 e. The molecule has 0 aliphatic carbocycles. The van der Waals surface area contributed by atoms with E-state index in [2.05, 4.69) is 10.3 Å². The van der Waals surface area contributed by atoms with Crippen molar-refractivity contribution in [2.24, 2.45) is 0 Å². The van der Waals surface area contributed by atoms with Gasteiger partial charge in [-0.15, -0.1) is 0 Å². The van der Waals surface area contributed by atoms with E-state index in [9.17, 15) is 23.1 Å². The van der Waals surface area contributed by atoms with Crippen LogP contribution in [0.4, 0.5) is 13.2 Å². The average molecular weight is 541 g/mol.